The van der Waals surface area contributed by atoms with Crippen molar-refractivity contribution in [2.24, 2.45) is 4.99 Å². The van der Waals surface area contributed by atoms with Gasteiger partial charge in [0.2, 0.25) is 0 Å². The summed E-state index contributed by atoms with van der Waals surface area (Å²) in [6.45, 7) is 2.17. The first-order chi connectivity index (χ1) is 11.3. The number of hydrogen-bond donors (Lipinski definition) is 1. The second-order valence-electron chi connectivity index (χ2n) is 5.70. The van der Waals surface area contributed by atoms with E-state index in [-0.39, 0.29) is 6.17 Å². The Kier molecular flexibility index (Phi) is 3.54. The molecule has 116 valence electrons. The minimum absolute atomic E-state index is 0.0463. The Balaban J connectivity index is 1.82. The van der Waals surface area contributed by atoms with E-state index >= 15 is 0 Å². The predicted molar refractivity (Wildman–Crippen MR) is 95.3 cm³/mol. The lowest BCUT2D eigenvalue weighted by molar-refractivity contribution is 0.480. The zero-order chi connectivity index (χ0) is 15.8. The first kappa shape index (κ1) is 14.3. The molecule has 3 aromatic rings. The Morgan fingerprint density at radius 2 is 2.22 bits per heavy atom. The molecular formula is C18H17ClN4. The molecule has 1 aliphatic heterocycles. The van der Waals surface area contributed by atoms with Gasteiger partial charge in [0.15, 0.2) is 0 Å². The third-order valence-electron chi connectivity index (χ3n) is 4.19. The van der Waals surface area contributed by atoms with Crippen LogP contribution in [0.3, 0.4) is 0 Å². The molecule has 1 aromatic heterocycles. The zero-order valence-corrected chi connectivity index (χ0v) is 13.6. The average Bonchev–Trinajstić information content (AvgIpc) is 3.20. The molecule has 2 heterocycles. The van der Waals surface area contributed by atoms with E-state index in [1.807, 2.05) is 35.3 Å². The summed E-state index contributed by atoms with van der Waals surface area (Å²) in [4.78, 5) is 9.11. The number of amidine groups is 1. The Labute approximate surface area is 139 Å². The minimum Gasteiger partial charge on any atom is -0.339 e. The second kappa shape index (κ2) is 5.70. The lowest BCUT2D eigenvalue weighted by Crippen LogP contribution is -2.13. The molecular weight excluding hydrogens is 308 g/mol. The van der Waals surface area contributed by atoms with Crippen molar-refractivity contribution in [1.29, 1.82) is 0 Å². The number of rotatable bonds is 4. The highest BCUT2D eigenvalue weighted by Gasteiger charge is 2.22. The summed E-state index contributed by atoms with van der Waals surface area (Å²) in [5.74, 6) is 0.903. The fourth-order valence-corrected chi connectivity index (χ4v) is 3.32. The summed E-state index contributed by atoms with van der Waals surface area (Å²) in [5.41, 5.74) is 2.18. The van der Waals surface area contributed by atoms with Crippen molar-refractivity contribution in [3.8, 4) is 0 Å². The Morgan fingerprint density at radius 3 is 3.00 bits per heavy atom. The van der Waals surface area contributed by atoms with Gasteiger partial charge in [0.05, 0.1) is 6.33 Å². The molecule has 4 rings (SSSR count). The van der Waals surface area contributed by atoms with Crippen molar-refractivity contribution >= 4 is 33.9 Å². The van der Waals surface area contributed by atoms with E-state index < -0.39 is 0 Å². The average molecular weight is 325 g/mol. The second-order valence-corrected chi connectivity index (χ2v) is 6.11. The van der Waals surface area contributed by atoms with E-state index in [0.717, 1.165) is 45.7 Å². The SMILES string of the molecule is CCCC(N=C1Nc2ccc(Cl)c3cccc1c23)n1ccnc1. The normalized spacial score (nSPS) is 16.0. The van der Waals surface area contributed by atoms with Crippen molar-refractivity contribution in [3.05, 3.63) is 59.6 Å². The van der Waals surface area contributed by atoms with Crippen LogP contribution in [0.25, 0.3) is 10.8 Å². The first-order valence-electron chi connectivity index (χ1n) is 7.82. The molecule has 0 saturated heterocycles. The van der Waals surface area contributed by atoms with Crippen LogP contribution >= 0.6 is 11.6 Å². The molecule has 0 radical (unpaired) electrons. The summed E-state index contributed by atoms with van der Waals surface area (Å²) < 4.78 is 2.05. The van der Waals surface area contributed by atoms with Gasteiger partial charge in [-0.3, -0.25) is 0 Å². The fourth-order valence-electron chi connectivity index (χ4n) is 3.10. The van der Waals surface area contributed by atoms with Gasteiger partial charge >= 0.3 is 0 Å². The highest BCUT2D eigenvalue weighted by Crippen LogP contribution is 2.37. The molecule has 0 bridgehead atoms. The summed E-state index contributed by atoms with van der Waals surface area (Å²) in [5, 5.41) is 6.43. The standard InChI is InChI=1S/C18H17ClN4/c1-2-4-16(23-10-9-20-11-23)22-18-13-6-3-5-12-14(19)7-8-15(21-18)17(12)13/h3,5-11,16H,2,4H2,1H3,(H,21,22). The Bertz CT molecular complexity index is 883. The van der Waals surface area contributed by atoms with Gasteiger partial charge < -0.3 is 9.88 Å². The molecule has 0 spiro atoms. The minimum atomic E-state index is 0.0463. The van der Waals surface area contributed by atoms with E-state index in [1.54, 1.807) is 6.20 Å². The van der Waals surface area contributed by atoms with Crippen molar-refractivity contribution in [2.45, 2.75) is 25.9 Å². The van der Waals surface area contributed by atoms with Crippen LogP contribution in [0.15, 0.2) is 54.0 Å². The maximum Gasteiger partial charge on any atom is 0.135 e. The number of nitrogens with one attached hydrogen (secondary N) is 1. The number of benzene rings is 2. The van der Waals surface area contributed by atoms with Gasteiger partial charge in [-0.25, -0.2) is 9.98 Å². The number of nitrogens with zero attached hydrogens (tertiary/aromatic N) is 3. The van der Waals surface area contributed by atoms with Gasteiger partial charge in [-0.15, -0.1) is 0 Å². The van der Waals surface area contributed by atoms with Gasteiger partial charge in [-0.2, -0.15) is 0 Å². The third-order valence-corrected chi connectivity index (χ3v) is 4.52. The van der Waals surface area contributed by atoms with Crippen LogP contribution in [0.1, 0.15) is 31.5 Å². The number of imidazole rings is 1. The molecule has 0 fully saturated rings. The highest BCUT2D eigenvalue weighted by molar-refractivity contribution is 6.38. The van der Waals surface area contributed by atoms with Crippen LogP contribution < -0.4 is 5.32 Å². The predicted octanol–water partition coefficient (Wildman–Crippen LogP) is 4.86. The molecule has 1 unspecified atom stereocenters. The number of aromatic nitrogens is 2. The molecule has 1 atom stereocenters. The summed E-state index contributed by atoms with van der Waals surface area (Å²) in [7, 11) is 0. The number of halogens is 1. The van der Waals surface area contributed by atoms with Gasteiger partial charge in [0.25, 0.3) is 0 Å². The van der Waals surface area contributed by atoms with Crippen molar-refractivity contribution in [1.82, 2.24) is 9.55 Å². The van der Waals surface area contributed by atoms with E-state index in [9.17, 15) is 0 Å². The van der Waals surface area contributed by atoms with Gasteiger partial charge in [-0.05, 0) is 18.6 Å². The topological polar surface area (TPSA) is 42.2 Å². The molecule has 23 heavy (non-hydrogen) atoms. The lowest BCUT2D eigenvalue weighted by Gasteiger charge is -2.14. The zero-order valence-electron chi connectivity index (χ0n) is 12.8. The van der Waals surface area contributed by atoms with Crippen LogP contribution in [-0.4, -0.2) is 15.4 Å². The fraction of sp³-hybridized carbons (Fsp3) is 0.222. The molecule has 1 aliphatic rings. The maximum atomic E-state index is 6.33. The van der Waals surface area contributed by atoms with Gasteiger partial charge in [-0.1, -0.05) is 43.1 Å². The molecule has 2 aromatic carbocycles. The largest absolute Gasteiger partial charge is 0.339 e. The van der Waals surface area contributed by atoms with Gasteiger partial charge in [0.1, 0.15) is 12.0 Å². The lowest BCUT2D eigenvalue weighted by atomic mass is 10.1. The summed E-state index contributed by atoms with van der Waals surface area (Å²) >= 11 is 6.33. The van der Waals surface area contributed by atoms with E-state index in [0.29, 0.717) is 0 Å². The van der Waals surface area contributed by atoms with Crippen molar-refractivity contribution < 1.29 is 0 Å². The molecule has 0 saturated carbocycles. The van der Waals surface area contributed by atoms with E-state index in [1.165, 1.54) is 0 Å². The Hall–Kier alpha value is -2.33. The molecule has 1 N–H and O–H groups in total. The quantitative estimate of drug-likeness (QED) is 0.744. The molecule has 5 heteroatoms. The van der Waals surface area contributed by atoms with Crippen LogP contribution in [-0.2, 0) is 0 Å². The monoisotopic (exact) mass is 324 g/mol. The number of hydrogen-bond acceptors (Lipinski definition) is 2. The van der Waals surface area contributed by atoms with Crippen LogP contribution in [0.5, 0.6) is 0 Å². The smallest absolute Gasteiger partial charge is 0.135 e. The first-order valence-corrected chi connectivity index (χ1v) is 8.19. The van der Waals surface area contributed by atoms with Gasteiger partial charge in [0, 0.05) is 39.4 Å². The third kappa shape index (κ3) is 2.39. The van der Waals surface area contributed by atoms with Crippen LogP contribution in [0, 0.1) is 0 Å². The van der Waals surface area contributed by atoms with E-state index in [2.05, 4.69) is 29.4 Å². The van der Waals surface area contributed by atoms with Crippen molar-refractivity contribution in [2.75, 3.05) is 5.32 Å². The summed E-state index contributed by atoms with van der Waals surface area (Å²) in [6, 6.07) is 10.1. The molecule has 0 aliphatic carbocycles. The maximum absolute atomic E-state index is 6.33. The van der Waals surface area contributed by atoms with Crippen LogP contribution in [0.4, 0.5) is 5.69 Å². The summed E-state index contributed by atoms with van der Waals surface area (Å²) in [6.07, 6.45) is 7.65. The number of aliphatic imine (C=N–C) groups is 1. The molecule has 4 nitrogen and oxygen atoms in total. The van der Waals surface area contributed by atoms with E-state index in [4.69, 9.17) is 16.6 Å². The highest BCUT2D eigenvalue weighted by atomic mass is 35.5. The van der Waals surface area contributed by atoms with Crippen molar-refractivity contribution in [3.63, 3.8) is 0 Å². The Morgan fingerprint density at radius 1 is 1.30 bits per heavy atom. The molecule has 0 amide bonds. The van der Waals surface area contributed by atoms with Crippen LogP contribution in [0.2, 0.25) is 5.02 Å². The number of anilines is 1.